The van der Waals surface area contributed by atoms with Gasteiger partial charge in [0.25, 0.3) is 0 Å². The molecule has 1 aliphatic heterocycles. The van der Waals surface area contributed by atoms with Crippen LogP contribution >= 0.6 is 35.1 Å². The number of hydrogen-bond donors (Lipinski definition) is 2. The van der Waals surface area contributed by atoms with E-state index in [1.54, 1.807) is 0 Å². The van der Waals surface area contributed by atoms with Crippen LogP contribution in [0, 0.1) is 0 Å². The molecule has 0 unspecified atom stereocenters. The number of nitrogens with one attached hydrogen (secondary N) is 2. The van der Waals surface area contributed by atoms with E-state index in [2.05, 4.69) is 51.3 Å². The normalized spacial score (nSPS) is 27.5. The van der Waals surface area contributed by atoms with Crippen molar-refractivity contribution in [1.82, 2.24) is 10.3 Å². The first kappa shape index (κ1) is 20.3. The second-order valence-corrected chi connectivity index (χ2v) is 12.4. The molecule has 2 N–H and O–H groups in total. The van der Waals surface area contributed by atoms with E-state index in [1.807, 2.05) is 18.3 Å². The smallest absolute Gasteiger partial charge is 0.0737 e. The standard InChI is InChI=1S/C23H30ClN3S2/c24-16-1-6-20-21(9-12-25-22(20)15-16)27-18-4-2-17(3-5-18)26-19-7-10-23(11-8-19)28-13-14-29-23/h1,6,9,12,15,17-19,26H,2-5,7-8,10-11,13-14H2,(H,25,27)/t17-,18+. The Morgan fingerprint density at radius 1 is 0.897 bits per heavy atom. The number of halogens is 1. The Balaban J connectivity index is 1.12. The molecule has 156 valence electrons. The van der Waals surface area contributed by atoms with Crippen LogP contribution in [0.3, 0.4) is 0 Å². The van der Waals surface area contributed by atoms with Gasteiger partial charge in [-0.05, 0) is 75.6 Å². The quantitative estimate of drug-likeness (QED) is 0.573. The fourth-order valence-corrected chi connectivity index (χ4v) is 8.67. The summed E-state index contributed by atoms with van der Waals surface area (Å²) in [5, 5.41) is 9.70. The third-order valence-electron chi connectivity index (χ3n) is 6.82. The van der Waals surface area contributed by atoms with Gasteiger partial charge in [-0.3, -0.25) is 4.98 Å². The number of hydrogen-bond acceptors (Lipinski definition) is 5. The molecule has 2 aromatic rings. The van der Waals surface area contributed by atoms with Crippen molar-refractivity contribution in [1.29, 1.82) is 0 Å². The first-order valence-electron chi connectivity index (χ1n) is 11.0. The van der Waals surface area contributed by atoms with Gasteiger partial charge in [-0.25, -0.2) is 0 Å². The van der Waals surface area contributed by atoms with Crippen LogP contribution in [-0.4, -0.2) is 38.7 Å². The molecule has 29 heavy (non-hydrogen) atoms. The van der Waals surface area contributed by atoms with E-state index < -0.39 is 0 Å². The summed E-state index contributed by atoms with van der Waals surface area (Å²) in [6, 6.07) is 10.1. The molecule has 1 aromatic carbocycles. The zero-order valence-electron chi connectivity index (χ0n) is 16.8. The number of fused-ring (bicyclic) bond motifs is 1. The zero-order valence-corrected chi connectivity index (χ0v) is 19.2. The molecule has 0 amide bonds. The number of aromatic nitrogens is 1. The van der Waals surface area contributed by atoms with Gasteiger partial charge in [0, 0.05) is 51.9 Å². The lowest BCUT2D eigenvalue weighted by Crippen LogP contribution is -2.45. The molecule has 2 saturated carbocycles. The summed E-state index contributed by atoms with van der Waals surface area (Å²) in [5.41, 5.74) is 2.15. The topological polar surface area (TPSA) is 37.0 Å². The summed E-state index contributed by atoms with van der Waals surface area (Å²) < 4.78 is 0.581. The number of nitrogens with zero attached hydrogens (tertiary/aromatic N) is 1. The number of anilines is 1. The van der Waals surface area contributed by atoms with Crippen LogP contribution in [0.25, 0.3) is 10.9 Å². The molecular formula is C23H30ClN3S2. The third kappa shape index (κ3) is 4.68. The summed E-state index contributed by atoms with van der Waals surface area (Å²) in [7, 11) is 0. The van der Waals surface area contributed by atoms with Gasteiger partial charge in [-0.1, -0.05) is 11.6 Å². The van der Waals surface area contributed by atoms with Crippen LogP contribution in [0.15, 0.2) is 30.5 Å². The molecule has 1 aromatic heterocycles. The molecule has 1 spiro atoms. The predicted molar refractivity (Wildman–Crippen MR) is 129 cm³/mol. The SMILES string of the molecule is Clc1ccc2c(N[C@H]3CC[C@@H](NC4CCC5(CC4)SCCS5)CC3)ccnc2c1. The molecule has 3 fully saturated rings. The molecular weight excluding hydrogens is 418 g/mol. The van der Waals surface area contributed by atoms with Crippen molar-refractivity contribution >= 4 is 51.7 Å². The Morgan fingerprint density at radius 2 is 1.59 bits per heavy atom. The molecule has 2 aliphatic carbocycles. The summed E-state index contributed by atoms with van der Waals surface area (Å²) >= 11 is 10.6. The maximum atomic E-state index is 6.12. The van der Waals surface area contributed by atoms with Crippen LogP contribution in [0.1, 0.15) is 51.4 Å². The molecule has 3 aliphatic rings. The van der Waals surface area contributed by atoms with Gasteiger partial charge < -0.3 is 10.6 Å². The minimum atomic E-state index is 0.551. The summed E-state index contributed by atoms with van der Waals surface area (Å²) in [6.07, 6.45) is 12.4. The van der Waals surface area contributed by atoms with Gasteiger partial charge >= 0.3 is 0 Å². The van der Waals surface area contributed by atoms with Crippen molar-refractivity contribution in [2.75, 3.05) is 16.8 Å². The van der Waals surface area contributed by atoms with E-state index in [9.17, 15) is 0 Å². The van der Waals surface area contributed by atoms with E-state index in [0.29, 0.717) is 16.2 Å². The van der Waals surface area contributed by atoms with Gasteiger partial charge in [0.2, 0.25) is 0 Å². The van der Waals surface area contributed by atoms with Crippen molar-refractivity contribution in [2.24, 2.45) is 0 Å². The molecule has 5 rings (SSSR count). The maximum Gasteiger partial charge on any atom is 0.0737 e. The summed E-state index contributed by atoms with van der Waals surface area (Å²) in [6.45, 7) is 0. The van der Waals surface area contributed by atoms with Crippen molar-refractivity contribution < 1.29 is 0 Å². The zero-order chi connectivity index (χ0) is 19.7. The second-order valence-electron chi connectivity index (χ2n) is 8.76. The molecule has 1 saturated heterocycles. The highest BCUT2D eigenvalue weighted by Crippen LogP contribution is 2.52. The largest absolute Gasteiger partial charge is 0.382 e. The minimum Gasteiger partial charge on any atom is -0.382 e. The van der Waals surface area contributed by atoms with Gasteiger partial charge in [-0.15, -0.1) is 23.5 Å². The first-order chi connectivity index (χ1) is 14.2. The van der Waals surface area contributed by atoms with Crippen LogP contribution < -0.4 is 10.6 Å². The van der Waals surface area contributed by atoms with Crippen LogP contribution in [0.5, 0.6) is 0 Å². The Kier molecular flexibility index (Phi) is 6.20. The average Bonchev–Trinajstić information content (AvgIpc) is 3.19. The molecule has 0 radical (unpaired) electrons. The molecule has 0 atom stereocenters. The van der Waals surface area contributed by atoms with Crippen molar-refractivity contribution in [3.8, 4) is 0 Å². The van der Waals surface area contributed by atoms with Crippen LogP contribution in [-0.2, 0) is 0 Å². The first-order valence-corrected chi connectivity index (χ1v) is 13.4. The Labute approximate surface area is 187 Å². The molecule has 6 heteroatoms. The lowest BCUT2D eigenvalue weighted by Gasteiger charge is -2.39. The van der Waals surface area contributed by atoms with Crippen molar-refractivity contribution in [2.45, 2.75) is 73.6 Å². The van der Waals surface area contributed by atoms with Crippen LogP contribution in [0.2, 0.25) is 5.02 Å². The van der Waals surface area contributed by atoms with Crippen molar-refractivity contribution in [3.05, 3.63) is 35.5 Å². The van der Waals surface area contributed by atoms with Gasteiger partial charge in [-0.2, -0.15) is 0 Å². The van der Waals surface area contributed by atoms with Gasteiger partial charge in [0.15, 0.2) is 0 Å². The Bertz CT molecular complexity index is 837. The number of rotatable bonds is 4. The maximum absolute atomic E-state index is 6.12. The second kappa shape index (κ2) is 8.86. The number of thioether (sulfide) groups is 2. The monoisotopic (exact) mass is 447 g/mol. The highest BCUT2D eigenvalue weighted by atomic mass is 35.5. The van der Waals surface area contributed by atoms with Crippen LogP contribution in [0.4, 0.5) is 5.69 Å². The van der Waals surface area contributed by atoms with Gasteiger partial charge in [0.1, 0.15) is 0 Å². The number of benzene rings is 1. The Morgan fingerprint density at radius 3 is 2.34 bits per heavy atom. The molecule has 3 nitrogen and oxygen atoms in total. The minimum absolute atomic E-state index is 0.551. The third-order valence-corrected chi connectivity index (χ3v) is 10.7. The highest BCUT2D eigenvalue weighted by molar-refractivity contribution is 8.21. The number of pyridine rings is 1. The molecule has 2 heterocycles. The fourth-order valence-electron chi connectivity index (χ4n) is 5.21. The Hall–Kier alpha value is -0.620. The van der Waals surface area contributed by atoms with E-state index in [0.717, 1.165) is 22.0 Å². The van der Waals surface area contributed by atoms with E-state index in [4.69, 9.17) is 11.6 Å². The van der Waals surface area contributed by atoms with Crippen molar-refractivity contribution in [3.63, 3.8) is 0 Å². The van der Waals surface area contributed by atoms with Gasteiger partial charge in [0.05, 0.1) is 9.60 Å². The van der Waals surface area contributed by atoms with E-state index in [1.165, 1.54) is 68.6 Å². The summed E-state index contributed by atoms with van der Waals surface area (Å²) in [4.78, 5) is 4.46. The highest BCUT2D eigenvalue weighted by Gasteiger charge is 2.39. The average molecular weight is 448 g/mol. The lowest BCUT2D eigenvalue weighted by molar-refractivity contribution is 0.282. The van der Waals surface area contributed by atoms with E-state index in [-0.39, 0.29) is 0 Å². The fraction of sp³-hybridized carbons (Fsp3) is 0.609. The summed E-state index contributed by atoms with van der Waals surface area (Å²) in [5.74, 6) is 2.72. The predicted octanol–water partition coefficient (Wildman–Crippen LogP) is 6.32. The lowest BCUT2D eigenvalue weighted by atomic mass is 9.88. The molecule has 0 bridgehead atoms. The van der Waals surface area contributed by atoms with E-state index >= 15 is 0 Å².